The molecule has 10 heteroatoms. The Bertz CT molecular complexity index is 908. The molecule has 0 spiro atoms. The van der Waals surface area contributed by atoms with E-state index in [0.29, 0.717) is 26.2 Å². The molecule has 0 saturated carbocycles. The van der Waals surface area contributed by atoms with Crippen LogP contribution in [0.15, 0.2) is 40.1 Å². The van der Waals surface area contributed by atoms with Crippen molar-refractivity contribution in [3.63, 3.8) is 0 Å². The molecular weight excluding hydrogens is 446 g/mol. The minimum atomic E-state index is -0.0308. The molecule has 0 unspecified atom stereocenters. The van der Waals surface area contributed by atoms with Crippen LogP contribution in [0.25, 0.3) is 0 Å². The molecule has 32 heavy (non-hydrogen) atoms. The fraction of sp³-hybridized carbons (Fsp3) is 0.500. The first kappa shape index (κ1) is 23.1. The van der Waals surface area contributed by atoms with Gasteiger partial charge in [0.1, 0.15) is 0 Å². The number of carbonyl (C=O) groups is 2. The number of rotatable bonds is 9. The molecule has 2 aromatic rings. The van der Waals surface area contributed by atoms with E-state index in [1.54, 1.807) is 34.8 Å². The summed E-state index contributed by atoms with van der Waals surface area (Å²) in [6, 6.07) is 8.16. The summed E-state index contributed by atoms with van der Waals surface area (Å²) >= 11 is 3.33. The Labute approximate surface area is 196 Å². The van der Waals surface area contributed by atoms with E-state index in [2.05, 4.69) is 27.2 Å². The minimum absolute atomic E-state index is 0.0119. The van der Waals surface area contributed by atoms with Crippen LogP contribution in [-0.2, 0) is 14.3 Å². The number of thiophene rings is 2. The number of hydrogen-bond donors (Lipinski definition) is 1. The fourth-order valence-corrected chi connectivity index (χ4v) is 5.49. The van der Waals surface area contributed by atoms with Gasteiger partial charge in [-0.05, 0) is 22.9 Å². The van der Waals surface area contributed by atoms with Crippen molar-refractivity contribution in [3.8, 4) is 0 Å². The van der Waals surface area contributed by atoms with Gasteiger partial charge in [-0.1, -0.05) is 12.1 Å². The van der Waals surface area contributed by atoms with Crippen LogP contribution >= 0.6 is 22.7 Å². The second-order valence-electron chi connectivity index (χ2n) is 7.89. The smallest absolute Gasteiger partial charge is 0.257 e. The van der Waals surface area contributed by atoms with Gasteiger partial charge in [0.25, 0.3) is 5.91 Å². The van der Waals surface area contributed by atoms with Crippen LogP contribution in [0.2, 0.25) is 0 Å². The van der Waals surface area contributed by atoms with E-state index in [-0.39, 0.29) is 17.9 Å². The molecule has 0 aliphatic carbocycles. The van der Waals surface area contributed by atoms with E-state index in [1.807, 2.05) is 22.9 Å². The molecule has 4 rings (SSSR count). The zero-order valence-electron chi connectivity index (χ0n) is 18.2. The molecule has 172 valence electrons. The van der Waals surface area contributed by atoms with Crippen molar-refractivity contribution in [2.75, 3.05) is 59.5 Å². The first-order valence-electron chi connectivity index (χ1n) is 10.8. The van der Waals surface area contributed by atoms with Crippen LogP contribution in [0, 0.1) is 0 Å². The lowest BCUT2D eigenvalue weighted by Gasteiger charge is -2.34. The predicted octanol–water partition coefficient (Wildman–Crippen LogP) is 1.87. The SMILES string of the molecule is COCCNC(=O)CN1CCN(CC(=O)N2N=C(c3cccs3)C[C@@H]2c2cccs2)CC1. The third-order valence-corrected chi connectivity index (χ3v) is 7.55. The van der Waals surface area contributed by atoms with Crippen molar-refractivity contribution < 1.29 is 14.3 Å². The van der Waals surface area contributed by atoms with Crippen LogP contribution in [0.1, 0.15) is 22.2 Å². The second kappa shape index (κ2) is 11.2. The van der Waals surface area contributed by atoms with Crippen molar-refractivity contribution in [1.29, 1.82) is 0 Å². The Hall–Kier alpha value is -2.11. The minimum Gasteiger partial charge on any atom is -0.383 e. The largest absolute Gasteiger partial charge is 0.383 e. The van der Waals surface area contributed by atoms with Crippen molar-refractivity contribution in [2.45, 2.75) is 12.5 Å². The van der Waals surface area contributed by atoms with E-state index in [1.165, 1.54) is 0 Å². The van der Waals surface area contributed by atoms with Gasteiger partial charge in [-0.15, -0.1) is 22.7 Å². The zero-order chi connectivity index (χ0) is 22.3. The number of carbonyl (C=O) groups excluding carboxylic acids is 2. The quantitative estimate of drug-likeness (QED) is 0.561. The highest BCUT2D eigenvalue weighted by molar-refractivity contribution is 7.12. The first-order chi connectivity index (χ1) is 15.6. The van der Waals surface area contributed by atoms with E-state index >= 15 is 0 Å². The van der Waals surface area contributed by atoms with E-state index in [4.69, 9.17) is 9.84 Å². The van der Waals surface area contributed by atoms with Crippen LogP contribution in [0.5, 0.6) is 0 Å². The molecule has 0 aromatic carbocycles. The summed E-state index contributed by atoms with van der Waals surface area (Å²) in [7, 11) is 1.62. The van der Waals surface area contributed by atoms with Gasteiger partial charge in [0.2, 0.25) is 5.91 Å². The van der Waals surface area contributed by atoms with E-state index < -0.39 is 0 Å². The molecule has 1 atom stereocenters. The van der Waals surface area contributed by atoms with Crippen molar-refractivity contribution >= 4 is 40.2 Å². The Morgan fingerprint density at radius 1 is 1.09 bits per heavy atom. The number of hydrazone groups is 1. The lowest BCUT2D eigenvalue weighted by molar-refractivity contribution is -0.135. The maximum atomic E-state index is 13.2. The van der Waals surface area contributed by atoms with Gasteiger partial charge >= 0.3 is 0 Å². The summed E-state index contributed by atoms with van der Waals surface area (Å²) in [4.78, 5) is 31.8. The van der Waals surface area contributed by atoms with Crippen molar-refractivity contribution in [1.82, 2.24) is 20.1 Å². The van der Waals surface area contributed by atoms with E-state index in [9.17, 15) is 9.59 Å². The topological polar surface area (TPSA) is 77.5 Å². The molecule has 2 aliphatic rings. The number of nitrogens with one attached hydrogen (secondary N) is 1. The molecule has 0 radical (unpaired) electrons. The summed E-state index contributed by atoms with van der Waals surface area (Å²) in [6.45, 7) is 4.82. The van der Waals surface area contributed by atoms with Gasteiger partial charge in [-0.3, -0.25) is 19.4 Å². The second-order valence-corrected chi connectivity index (χ2v) is 9.82. The highest BCUT2D eigenvalue weighted by Crippen LogP contribution is 2.36. The number of nitrogens with zero attached hydrogens (tertiary/aromatic N) is 4. The zero-order valence-corrected chi connectivity index (χ0v) is 19.9. The monoisotopic (exact) mass is 475 g/mol. The van der Waals surface area contributed by atoms with E-state index in [0.717, 1.165) is 48.1 Å². The average molecular weight is 476 g/mol. The van der Waals surface area contributed by atoms with Gasteiger partial charge in [-0.25, -0.2) is 5.01 Å². The Morgan fingerprint density at radius 2 is 1.81 bits per heavy atom. The number of amides is 2. The van der Waals surface area contributed by atoms with Gasteiger partial charge in [0.15, 0.2) is 0 Å². The number of hydrogen-bond acceptors (Lipinski definition) is 8. The normalized spacial score (nSPS) is 19.8. The van der Waals surface area contributed by atoms with Crippen molar-refractivity contribution in [3.05, 3.63) is 44.8 Å². The first-order valence-corrected chi connectivity index (χ1v) is 12.6. The summed E-state index contributed by atoms with van der Waals surface area (Å²) in [6.07, 6.45) is 0.749. The fourth-order valence-electron chi connectivity index (χ4n) is 3.96. The molecule has 2 aromatic heterocycles. The van der Waals surface area contributed by atoms with Crippen LogP contribution in [-0.4, -0.2) is 91.9 Å². The molecular formula is C22H29N5O3S2. The summed E-state index contributed by atoms with van der Waals surface area (Å²) in [5, 5.41) is 13.4. The molecule has 2 aliphatic heterocycles. The molecule has 8 nitrogen and oxygen atoms in total. The third-order valence-electron chi connectivity index (χ3n) is 5.66. The molecule has 1 fully saturated rings. The maximum Gasteiger partial charge on any atom is 0.257 e. The predicted molar refractivity (Wildman–Crippen MR) is 127 cm³/mol. The molecule has 2 amide bonds. The average Bonchev–Trinajstić information content (AvgIpc) is 3.55. The number of methoxy groups -OCH3 is 1. The van der Waals surface area contributed by atoms with Crippen molar-refractivity contribution in [2.24, 2.45) is 5.10 Å². The molecule has 0 bridgehead atoms. The van der Waals surface area contributed by atoms with Gasteiger partial charge in [0, 0.05) is 51.1 Å². The van der Waals surface area contributed by atoms with Crippen LogP contribution in [0.4, 0.5) is 0 Å². The Balaban J connectivity index is 1.31. The highest BCUT2D eigenvalue weighted by Gasteiger charge is 2.35. The summed E-state index contributed by atoms with van der Waals surface area (Å²) in [5.74, 6) is 0.0404. The van der Waals surface area contributed by atoms with Gasteiger partial charge in [-0.2, -0.15) is 5.10 Å². The Morgan fingerprint density at radius 3 is 2.47 bits per heavy atom. The summed E-state index contributed by atoms with van der Waals surface area (Å²) in [5.41, 5.74) is 0.982. The van der Waals surface area contributed by atoms with Crippen LogP contribution in [0.3, 0.4) is 0 Å². The number of ether oxygens (including phenoxy) is 1. The third kappa shape index (κ3) is 5.81. The van der Waals surface area contributed by atoms with Gasteiger partial charge in [0.05, 0.1) is 36.3 Å². The maximum absolute atomic E-state index is 13.2. The summed E-state index contributed by atoms with van der Waals surface area (Å²) < 4.78 is 4.96. The highest BCUT2D eigenvalue weighted by atomic mass is 32.1. The van der Waals surface area contributed by atoms with Crippen LogP contribution < -0.4 is 5.32 Å². The number of piperazine rings is 1. The molecule has 4 heterocycles. The standard InChI is InChI=1S/C22H29N5O3S2/c1-30-11-6-23-21(28)15-25-7-9-26(10-8-25)16-22(29)27-18(20-5-3-13-32-20)14-17(24-27)19-4-2-12-31-19/h2-5,12-13,18H,6-11,14-16H2,1H3,(H,23,28)/t18-/m1/s1. The Kier molecular flexibility index (Phi) is 8.04. The lowest BCUT2D eigenvalue weighted by Crippen LogP contribution is -2.51. The molecule has 1 N–H and O–H groups in total. The lowest BCUT2D eigenvalue weighted by atomic mass is 10.1. The van der Waals surface area contributed by atoms with Gasteiger partial charge < -0.3 is 10.1 Å². The molecule has 1 saturated heterocycles.